The fraction of sp³-hybridized carbons (Fsp3) is 0.294. The van der Waals surface area contributed by atoms with Gasteiger partial charge in [-0.1, -0.05) is 21.8 Å². The smallest absolute Gasteiger partial charge is 0.259 e. The number of hydrogen-bond acceptors (Lipinski definition) is 6. The van der Waals surface area contributed by atoms with Gasteiger partial charge in [0.15, 0.2) is 5.82 Å². The predicted octanol–water partition coefficient (Wildman–Crippen LogP) is 2.21. The molecule has 1 fully saturated rings. The molecular weight excluding hydrogens is 335 g/mol. The summed E-state index contributed by atoms with van der Waals surface area (Å²) in [5.74, 6) is 2.58. The third-order valence-corrected chi connectivity index (χ3v) is 5.06. The van der Waals surface area contributed by atoms with Crippen LogP contribution in [-0.2, 0) is 6.42 Å². The Morgan fingerprint density at radius 1 is 1.12 bits per heavy atom. The summed E-state index contributed by atoms with van der Waals surface area (Å²) in [6, 6.07) is 7.81. The van der Waals surface area contributed by atoms with Crippen molar-refractivity contribution in [1.29, 1.82) is 0 Å². The lowest BCUT2D eigenvalue weighted by molar-refractivity contribution is 0.104. The van der Waals surface area contributed by atoms with Gasteiger partial charge in [-0.2, -0.15) is 9.80 Å². The minimum absolute atomic E-state index is 0.133. The molecule has 0 radical (unpaired) electrons. The molecule has 1 aromatic carbocycles. The molecule has 9 heteroatoms. The molecule has 1 aliphatic carbocycles. The van der Waals surface area contributed by atoms with Gasteiger partial charge >= 0.3 is 0 Å². The van der Waals surface area contributed by atoms with E-state index in [2.05, 4.69) is 20.5 Å². The zero-order valence-electron chi connectivity index (χ0n) is 13.8. The van der Waals surface area contributed by atoms with Crippen molar-refractivity contribution >= 4 is 11.5 Å². The van der Waals surface area contributed by atoms with Gasteiger partial charge in [0, 0.05) is 5.56 Å². The second-order valence-corrected chi connectivity index (χ2v) is 6.93. The van der Waals surface area contributed by atoms with Crippen LogP contribution in [0.5, 0.6) is 0 Å². The Balaban J connectivity index is 1.51. The molecule has 3 aromatic rings. The van der Waals surface area contributed by atoms with E-state index in [9.17, 15) is 4.48 Å². The van der Waals surface area contributed by atoms with Gasteiger partial charge in [-0.15, -0.1) is 15.3 Å². The van der Waals surface area contributed by atoms with Crippen molar-refractivity contribution in [2.75, 3.05) is 11.6 Å². The molecule has 0 bridgehead atoms. The van der Waals surface area contributed by atoms with Gasteiger partial charge in [-0.3, -0.25) is 0 Å². The SMILES string of the molecule is FN1C=C2N(C1)c1ccccc1-c1nnc(-n3cc(CC4CC4)nn3)n12. The van der Waals surface area contributed by atoms with Crippen molar-refractivity contribution in [3.05, 3.63) is 42.4 Å². The van der Waals surface area contributed by atoms with Crippen LogP contribution in [0.2, 0.25) is 0 Å². The van der Waals surface area contributed by atoms with E-state index in [1.165, 1.54) is 19.0 Å². The number of para-hydroxylation sites is 1. The Hall–Kier alpha value is -3.23. The predicted molar refractivity (Wildman–Crippen MR) is 91.4 cm³/mol. The average molecular weight is 350 g/mol. The Bertz CT molecular complexity index is 1050. The number of aromatic nitrogens is 6. The van der Waals surface area contributed by atoms with E-state index in [0.29, 0.717) is 22.7 Å². The lowest BCUT2D eigenvalue weighted by atomic mass is 10.1. The number of hydrogen-bond donors (Lipinski definition) is 0. The van der Waals surface area contributed by atoms with Crippen molar-refractivity contribution in [1.82, 2.24) is 34.9 Å². The van der Waals surface area contributed by atoms with Crippen LogP contribution >= 0.6 is 0 Å². The molecule has 0 unspecified atom stereocenters. The van der Waals surface area contributed by atoms with Gasteiger partial charge in [0.1, 0.15) is 12.5 Å². The highest BCUT2D eigenvalue weighted by Gasteiger charge is 2.35. The molecule has 130 valence electrons. The van der Waals surface area contributed by atoms with E-state index < -0.39 is 0 Å². The summed E-state index contributed by atoms with van der Waals surface area (Å²) >= 11 is 0. The van der Waals surface area contributed by atoms with Gasteiger partial charge in [-0.25, -0.2) is 4.57 Å². The topological polar surface area (TPSA) is 67.9 Å². The fourth-order valence-corrected chi connectivity index (χ4v) is 3.64. The van der Waals surface area contributed by atoms with Gasteiger partial charge in [0.25, 0.3) is 5.95 Å². The maximum atomic E-state index is 14.0. The van der Waals surface area contributed by atoms with Crippen LogP contribution < -0.4 is 4.90 Å². The molecule has 0 saturated heterocycles. The fourth-order valence-electron chi connectivity index (χ4n) is 3.64. The highest BCUT2D eigenvalue weighted by atomic mass is 19.2. The van der Waals surface area contributed by atoms with Crippen LogP contribution in [0.25, 0.3) is 23.2 Å². The zero-order chi connectivity index (χ0) is 17.3. The number of nitrogens with zero attached hydrogens (tertiary/aromatic N) is 8. The first-order valence-corrected chi connectivity index (χ1v) is 8.66. The molecule has 0 spiro atoms. The Morgan fingerprint density at radius 2 is 2.00 bits per heavy atom. The molecular formula is C17H15FN8. The average Bonchev–Trinajstić information content (AvgIpc) is 3.04. The first kappa shape index (κ1) is 14.0. The third kappa shape index (κ3) is 1.94. The summed E-state index contributed by atoms with van der Waals surface area (Å²) in [7, 11) is 0. The van der Waals surface area contributed by atoms with Crippen molar-refractivity contribution in [2.24, 2.45) is 5.92 Å². The minimum Gasteiger partial charge on any atom is -0.304 e. The van der Waals surface area contributed by atoms with E-state index in [-0.39, 0.29) is 6.67 Å². The van der Waals surface area contributed by atoms with Crippen LogP contribution in [0.4, 0.5) is 10.2 Å². The van der Waals surface area contributed by atoms with Gasteiger partial charge in [0.05, 0.1) is 23.8 Å². The highest BCUT2D eigenvalue weighted by molar-refractivity contribution is 5.89. The van der Waals surface area contributed by atoms with E-state index in [1.54, 1.807) is 4.68 Å². The molecule has 2 aliphatic heterocycles. The van der Waals surface area contributed by atoms with Gasteiger partial charge in [-0.05, 0) is 37.3 Å². The van der Waals surface area contributed by atoms with Crippen molar-refractivity contribution in [3.63, 3.8) is 0 Å². The van der Waals surface area contributed by atoms with Crippen LogP contribution in [0.15, 0.2) is 36.7 Å². The molecule has 3 aliphatic rings. The van der Waals surface area contributed by atoms with Crippen LogP contribution in [0.1, 0.15) is 18.5 Å². The molecule has 8 nitrogen and oxygen atoms in total. The number of fused-ring (bicyclic) bond motifs is 6. The van der Waals surface area contributed by atoms with E-state index in [1.807, 2.05) is 39.9 Å². The number of anilines is 1. The lowest BCUT2D eigenvalue weighted by Gasteiger charge is -2.29. The molecule has 0 N–H and O–H groups in total. The van der Waals surface area contributed by atoms with Gasteiger partial charge in [0.2, 0.25) is 0 Å². The number of halogens is 1. The maximum absolute atomic E-state index is 14.0. The van der Waals surface area contributed by atoms with Crippen LogP contribution in [0.3, 0.4) is 0 Å². The Labute approximate surface area is 148 Å². The number of rotatable bonds is 3. The first-order valence-electron chi connectivity index (χ1n) is 8.66. The molecule has 1 saturated carbocycles. The molecule has 26 heavy (non-hydrogen) atoms. The largest absolute Gasteiger partial charge is 0.304 e. The maximum Gasteiger partial charge on any atom is 0.259 e. The third-order valence-electron chi connectivity index (χ3n) is 5.06. The molecule has 2 aromatic heterocycles. The van der Waals surface area contributed by atoms with E-state index in [0.717, 1.165) is 29.3 Å². The second-order valence-electron chi connectivity index (χ2n) is 6.93. The van der Waals surface area contributed by atoms with Gasteiger partial charge < -0.3 is 4.90 Å². The summed E-state index contributed by atoms with van der Waals surface area (Å²) in [6.07, 6.45) is 6.81. The summed E-state index contributed by atoms with van der Waals surface area (Å²) in [4.78, 5) is 1.90. The van der Waals surface area contributed by atoms with Crippen LogP contribution in [-0.4, -0.2) is 41.5 Å². The normalized spacial score (nSPS) is 17.8. The quantitative estimate of drug-likeness (QED) is 0.675. The molecule has 4 heterocycles. The zero-order valence-corrected chi connectivity index (χ0v) is 13.8. The summed E-state index contributed by atoms with van der Waals surface area (Å²) in [5, 5.41) is 17.8. The van der Waals surface area contributed by atoms with Crippen molar-refractivity contribution in [3.8, 4) is 17.3 Å². The summed E-state index contributed by atoms with van der Waals surface area (Å²) < 4.78 is 17.5. The highest BCUT2D eigenvalue weighted by Crippen LogP contribution is 2.42. The summed E-state index contributed by atoms with van der Waals surface area (Å²) in [5.41, 5.74) is 2.78. The van der Waals surface area contributed by atoms with Crippen molar-refractivity contribution in [2.45, 2.75) is 19.3 Å². The Morgan fingerprint density at radius 3 is 2.88 bits per heavy atom. The van der Waals surface area contributed by atoms with E-state index >= 15 is 0 Å². The Kier molecular flexibility index (Phi) is 2.64. The standard InChI is InChI=1S/C17H15FN8/c18-23-9-15-24(10-23)14-4-2-1-3-13(14)16-20-21-17(26(15)16)25-8-12(19-22-25)7-11-5-6-11/h1-4,8-9,11H,5-7,10H2. The second kappa shape index (κ2) is 4.90. The molecule has 0 amide bonds. The minimum atomic E-state index is 0.133. The van der Waals surface area contributed by atoms with Crippen molar-refractivity contribution < 1.29 is 4.48 Å². The monoisotopic (exact) mass is 350 g/mol. The lowest BCUT2D eigenvalue weighted by Crippen LogP contribution is -2.29. The molecule has 0 atom stereocenters. The van der Waals surface area contributed by atoms with Crippen LogP contribution in [0, 0.1) is 5.92 Å². The number of benzene rings is 1. The molecule has 6 rings (SSSR count). The first-order chi connectivity index (χ1) is 12.8. The summed E-state index contributed by atoms with van der Waals surface area (Å²) in [6.45, 7) is 0.133. The van der Waals surface area contributed by atoms with E-state index in [4.69, 9.17) is 0 Å².